The summed E-state index contributed by atoms with van der Waals surface area (Å²) < 4.78 is 66.1. The highest BCUT2D eigenvalue weighted by Gasteiger charge is 2.37. The van der Waals surface area contributed by atoms with Crippen molar-refractivity contribution in [3.05, 3.63) is 83.3 Å². The molecule has 2 heterocycles. The third kappa shape index (κ3) is 8.41. The zero-order chi connectivity index (χ0) is 30.5. The molecule has 0 spiro atoms. The molecule has 3 N–H and O–H groups in total. The number of hydrogen-bond donors (Lipinski definition) is 3. The third-order valence-electron chi connectivity index (χ3n) is 6.28. The van der Waals surface area contributed by atoms with Crippen molar-refractivity contribution >= 4 is 23.4 Å². The molecule has 2 atom stereocenters. The quantitative estimate of drug-likeness (QED) is 0.210. The molecule has 1 amide bonds. The van der Waals surface area contributed by atoms with Gasteiger partial charge in [0.2, 0.25) is 6.10 Å². The van der Waals surface area contributed by atoms with Gasteiger partial charge in [-0.15, -0.1) is 0 Å². The molecule has 2 aromatic carbocycles. The van der Waals surface area contributed by atoms with Crippen LogP contribution in [0.2, 0.25) is 0 Å². The number of rotatable bonds is 9. The molecule has 0 bridgehead atoms. The Bertz CT molecular complexity index is 1400. The van der Waals surface area contributed by atoms with Crippen LogP contribution in [0.5, 0.6) is 5.75 Å². The molecule has 0 saturated carbocycles. The highest BCUT2D eigenvalue weighted by molar-refractivity contribution is 6.07. The number of alkyl halides is 3. The lowest BCUT2D eigenvalue weighted by molar-refractivity contribution is -0.164. The van der Waals surface area contributed by atoms with Crippen LogP contribution < -0.4 is 20.7 Å². The number of amides is 1. The minimum atomic E-state index is -4.76. The van der Waals surface area contributed by atoms with Crippen molar-refractivity contribution in [2.75, 3.05) is 17.2 Å². The van der Waals surface area contributed by atoms with Gasteiger partial charge in [-0.1, -0.05) is 12.1 Å². The van der Waals surface area contributed by atoms with Gasteiger partial charge in [-0.3, -0.25) is 4.79 Å². The number of carbonyl (C=O) groups excluding carboxylic acids is 2. The Morgan fingerprint density at radius 1 is 1.10 bits per heavy atom. The van der Waals surface area contributed by atoms with Gasteiger partial charge >= 0.3 is 12.1 Å². The van der Waals surface area contributed by atoms with Gasteiger partial charge in [0, 0.05) is 24.5 Å². The van der Waals surface area contributed by atoms with Crippen molar-refractivity contribution in [1.29, 1.82) is 0 Å². The number of pyridine rings is 1. The van der Waals surface area contributed by atoms with Crippen LogP contribution in [-0.2, 0) is 22.3 Å². The van der Waals surface area contributed by atoms with E-state index >= 15 is 0 Å². The summed E-state index contributed by atoms with van der Waals surface area (Å²) in [5, 5.41) is 8.62. The fourth-order valence-corrected chi connectivity index (χ4v) is 4.39. The molecule has 12 heteroatoms. The molecule has 3 aromatic rings. The van der Waals surface area contributed by atoms with Crippen molar-refractivity contribution in [3.8, 4) is 5.75 Å². The van der Waals surface area contributed by atoms with Gasteiger partial charge in [0.15, 0.2) is 0 Å². The fraction of sp³-hybridized carbons (Fsp3) is 0.367. The maximum absolute atomic E-state index is 13.9. The van der Waals surface area contributed by atoms with E-state index in [2.05, 4.69) is 20.9 Å². The van der Waals surface area contributed by atoms with Crippen molar-refractivity contribution in [1.82, 2.24) is 10.3 Å². The molecule has 2 unspecified atom stereocenters. The number of hydrogen-bond acceptors (Lipinski definition) is 7. The van der Waals surface area contributed by atoms with Gasteiger partial charge in [0.05, 0.1) is 17.2 Å². The molecule has 224 valence electrons. The molecular weight excluding hydrogens is 556 g/mol. The summed E-state index contributed by atoms with van der Waals surface area (Å²) in [6, 6.07) is 11.0. The molecule has 4 rings (SSSR count). The first kappa shape index (κ1) is 30.8. The summed E-state index contributed by atoms with van der Waals surface area (Å²) in [6.07, 6.45) is -3.18. The second-order valence-electron chi connectivity index (χ2n) is 10.9. The number of halogens is 4. The number of anilines is 2. The van der Waals surface area contributed by atoms with Gasteiger partial charge in [0.1, 0.15) is 23.0 Å². The summed E-state index contributed by atoms with van der Waals surface area (Å²) in [7, 11) is 0. The van der Waals surface area contributed by atoms with E-state index < -0.39 is 47.2 Å². The van der Waals surface area contributed by atoms with Gasteiger partial charge in [-0.05, 0) is 82.1 Å². The number of nitrogens with one attached hydrogen (secondary N) is 3. The van der Waals surface area contributed by atoms with E-state index in [0.29, 0.717) is 13.0 Å². The van der Waals surface area contributed by atoms with Crippen LogP contribution in [0.25, 0.3) is 0 Å². The van der Waals surface area contributed by atoms with E-state index in [0.717, 1.165) is 24.1 Å². The third-order valence-corrected chi connectivity index (χ3v) is 6.28. The topological polar surface area (TPSA) is 102 Å². The van der Waals surface area contributed by atoms with Gasteiger partial charge in [-0.25, -0.2) is 14.2 Å². The number of aromatic nitrogens is 1. The molecular formula is C30H32F4N4O4. The van der Waals surface area contributed by atoms with Crippen LogP contribution in [0.1, 0.15) is 55.1 Å². The number of esters is 1. The van der Waals surface area contributed by atoms with E-state index in [-0.39, 0.29) is 29.4 Å². The normalized spacial score (nSPS) is 16.0. The van der Waals surface area contributed by atoms with E-state index in [9.17, 15) is 27.2 Å². The zero-order valence-corrected chi connectivity index (χ0v) is 23.3. The number of carbonyl (C=O) groups is 2. The zero-order valence-electron chi connectivity index (χ0n) is 23.3. The van der Waals surface area contributed by atoms with Crippen LogP contribution in [0.15, 0.2) is 60.8 Å². The van der Waals surface area contributed by atoms with Crippen LogP contribution in [0.3, 0.4) is 0 Å². The largest absolute Gasteiger partial charge is 0.477 e. The predicted molar refractivity (Wildman–Crippen MR) is 149 cm³/mol. The average Bonchev–Trinajstić information content (AvgIpc) is 3.45. The Morgan fingerprint density at radius 3 is 2.48 bits per heavy atom. The van der Waals surface area contributed by atoms with Crippen molar-refractivity contribution in [2.45, 2.75) is 64.1 Å². The Labute approximate surface area is 240 Å². The van der Waals surface area contributed by atoms with Crippen LogP contribution in [0, 0.1) is 5.82 Å². The first-order chi connectivity index (χ1) is 19.8. The Balaban J connectivity index is 1.58. The van der Waals surface area contributed by atoms with E-state index in [1.807, 2.05) is 0 Å². The monoisotopic (exact) mass is 588 g/mol. The van der Waals surface area contributed by atoms with Crippen molar-refractivity contribution < 1.29 is 36.6 Å². The number of benzene rings is 2. The smallest absolute Gasteiger partial charge is 0.416 e. The second-order valence-corrected chi connectivity index (χ2v) is 10.9. The second kappa shape index (κ2) is 12.8. The molecule has 1 aliphatic heterocycles. The van der Waals surface area contributed by atoms with E-state index in [1.54, 1.807) is 32.9 Å². The summed E-state index contributed by atoms with van der Waals surface area (Å²) >= 11 is 0. The highest BCUT2D eigenvalue weighted by Crippen LogP contribution is 2.35. The van der Waals surface area contributed by atoms with Crippen LogP contribution in [-0.4, -0.2) is 41.2 Å². The van der Waals surface area contributed by atoms with Gasteiger partial charge in [0.25, 0.3) is 5.91 Å². The number of nitrogens with zero attached hydrogens (tertiary/aromatic N) is 1. The molecule has 0 radical (unpaired) electrons. The summed E-state index contributed by atoms with van der Waals surface area (Å²) in [6.45, 7) is 5.90. The van der Waals surface area contributed by atoms with Gasteiger partial charge in [-0.2, -0.15) is 13.2 Å². The molecule has 1 saturated heterocycles. The van der Waals surface area contributed by atoms with E-state index in [4.69, 9.17) is 9.47 Å². The molecule has 0 aliphatic carbocycles. The van der Waals surface area contributed by atoms with Crippen LogP contribution >= 0.6 is 0 Å². The molecule has 1 fully saturated rings. The maximum Gasteiger partial charge on any atom is 0.416 e. The van der Waals surface area contributed by atoms with Crippen molar-refractivity contribution in [3.63, 3.8) is 0 Å². The molecule has 42 heavy (non-hydrogen) atoms. The lowest BCUT2D eigenvalue weighted by Gasteiger charge is -2.28. The minimum absolute atomic E-state index is 0.0706. The minimum Gasteiger partial charge on any atom is -0.477 e. The molecule has 1 aromatic heterocycles. The summed E-state index contributed by atoms with van der Waals surface area (Å²) in [5.74, 6) is -1.91. The van der Waals surface area contributed by atoms with E-state index in [1.165, 1.54) is 36.5 Å². The average molecular weight is 589 g/mol. The Morgan fingerprint density at radius 2 is 1.83 bits per heavy atom. The van der Waals surface area contributed by atoms with Crippen LogP contribution in [0.4, 0.5) is 29.1 Å². The summed E-state index contributed by atoms with van der Waals surface area (Å²) in [5.41, 5.74) is -1.30. The first-order valence-electron chi connectivity index (χ1n) is 13.4. The standard InChI is InChI=1S/C30H32F4N4O4/c1-29(2,3)42-28(40)25(24-7-5-12-35-24)41-22-15-19(30(32,33)34)14-21(16-22)38-27(39)23-6-4-13-36-26(23)37-17-18-8-10-20(31)11-9-18/h4,6,8-11,13-16,24-25,35H,5,7,12,17H2,1-3H3,(H,36,37)(H,38,39). The fourth-order valence-electron chi connectivity index (χ4n) is 4.39. The first-order valence-corrected chi connectivity index (χ1v) is 13.4. The summed E-state index contributed by atoms with van der Waals surface area (Å²) in [4.78, 5) is 30.4. The highest BCUT2D eigenvalue weighted by atomic mass is 19.4. The molecule has 8 nitrogen and oxygen atoms in total. The van der Waals surface area contributed by atoms with Crippen molar-refractivity contribution in [2.24, 2.45) is 0 Å². The maximum atomic E-state index is 13.9. The van der Waals surface area contributed by atoms with Gasteiger partial charge < -0.3 is 25.4 Å². The predicted octanol–water partition coefficient (Wildman–Crippen LogP) is 5.95. The SMILES string of the molecule is CC(C)(C)OC(=O)C(Oc1cc(NC(=O)c2cccnc2NCc2ccc(F)cc2)cc(C(F)(F)F)c1)C1CCCN1. The Kier molecular flexibility index (Phi) is 9.35. The number of ether oxygens (including phenoxy) is 2. The lowest BCUT2D eigenvalue weighted by atomic mass is 10.1. The lowest BCUT2D eigenvalue weighted by Crippen LogP contribution is -2.47. The Hall–Kier alpha value is -4.19. The molecule has 1 aliphatic rings.